The lowest BCUT2D eigenvalue weighted by molar-refractivity contribution is -0.384. The summed E-state index contributed by atoms with van der Waals surface area (Å²) < 4.78 is 11.2. The zero-order valence-electron chi connectivity index (χ0n) is 13.4. The Labute approximate surface area is 134 Å². The van der Waals surface area contributed by atoms with Gasteiger partial charge in [-0.2, -0.15) is 0 Å². The average Bonchev–Trinajstić information content (AvgIpc) is 3.20. The molecule has 0 aliphatic carbocycles. The first-order valence-corrected chi connectivity index (χ1v) is 7.62. The van der Waals surface area contributed by atoms with Gasteiger partial charge in [0.25, 0.3) is 5.69 Å². The highest BCUT2D eigenvalue weighted by atomic mass is 16.6. The van der Waals surface area contributed by atoms with Gasteiger partial charge < -0.3 is 14.4 Å². The van der Waals surface area contributed by atoms with Crippen LogP contribution in [0.5, 0.6) is 0 Å². The van der Waals surface area contributed by atoms with Gasteiger partial charge in [0.15, 0.2) is 0 Å². The van der Waals surface area contributed by atoms with Crippen molar-refractivity contribution in [2.45, 2.75) is 44.5 Å². The summed E-state index contributed by atoms with van der Waals surface area (Å²) in [6.45, 7) is 6.53. The molecular weight excluding hydrogens is 300 g/mol. The molecule has 2 aliphatic rings. The van der Waals surface area contributed by atoms with Crippen molar-refractivity contribution in [1.29, 1.82) is 0 Å². The van der Waals surface area contributed by atoms with Crippen LogP contribution in [0.1, 0.15) is 32.8 Å². The van der Waals surface area contributed by atoms with E-state index in [-0.39, 0.29) is 17.9 Å². The Morgan fingerprint density at radius 3 is 2.57 bits per heavy atom. The summed E-state index contributed by atoms with van der Waals surface area (Å²) in [5, 5.41) is 10.7. The largest absolute Gasteiger partial charge is 0.444 e. The SMILES string of the molecule is CC(C)(C)OC(=O)N1CCC2(c3ccc([N+](=O)[O-])cc3)OC2C1. The summed E-state index contributed by atoms with van der Waals surface area (Å²) in [5.74, 6) is 0. The number of non-ortho nitro benzene ring substituents is 1. The van der Waals surface area contributed by atoms with Crippen molar-refractivity contribution in [3.63, 3.8) is 0 Å². The van der Waals surface area contributed by atoms with Gasteiger partial charge in [-0.15, -0.1) is 0 Å². The van der Waals surface area contributed by atoms with E-state index in [0.29, 0.717) is 19.5 Å². The summed E-state index contributed by atoms with van der Waals surface area (Å²) in [7, 11) is 0. The highest BCUT2D eigenvalue weighted by Crippen LogP contribution is 2.52. The van der Waals surface area contributed by atoms with Crippen LogP contribution >= 0.6 is 0 Å². The number of nitrogens with zero attached hydrogens (tertiary/aromatic N) is 2. The average molecular weight is 320 g/mol. The van der Waals surface area contributed by atoms with E-state index in [2.05, 4.69) is 0 Å². The van der Waals surface area contributed by atoms with Crippen molar-refractivity contribution in [3.8, 4) is 0 Å². The zero-order chi connectivity index (χ0) is 16.8. The number of fused-ring (bicyclic) bond motifs is 1. The minimum atomic E-state index is -0.519. The van der Waals surface area contributed by atoms with Crippen molar-refractivity contribution >= 4 is 11.8 Å². The molecule has 0 aromatic heterocycles. The number of likely N-dealkylation sites (tertiary alicyclic amines) is 1. The third-order valence-electron chi connectivity index (χ3n) is 4.17. The highest BCUT2D eigenvalue weighted by Gasteiger charge is 2.60. The number of ether oxygens (including phenoxy) is 2. The van der Waals surface area contributed by atoms with Crippen molar-refractivity contribution in [2.75, 3.05) is 13.1 Å². The number of epoxide rings is 1. The molecule has 2 heterocycles. The molecule has 0 saturated carbocycles. The summed E-state index contributed by atoms with van der Waals surface area (Å²) in [5.41, 5.74) is 0.0626. The molecule has 2 unspecified atom stereocenters. The monoisotopic (exact) mass is 320 g/mol. The second-order valence-electron chi connectivity index (χ2n) is 6.98. The summed E-state index contributed by atoms with van der Waals surface area (Å²) in [6, 6.07) is 6.45. The van der Waals surface area contributed by atoms with Gasteiger partial charge in [0, 0.05) is 25.1 Å². The molecule has 1 amide bonds. The Morgan fingerprint density at radius 2 is 2.04 bits per heavy atom. The summed E-state index contributed by atoms with van der Waals surface area (Å²) in [4.78, 5) is 24.1. The predicted octanol–water partition coefficient (Wildman–Crippen LogP) is 2.83. The first-order valence-electron chi connectivity index (χ1n) is 7.62. The van der Waals surface area contributed by atoms with E-state index >= 15 is 0 Å². The van der Waals surface area contributed by atoms with Crippen LogP contribution in [0.3, 0.4) is 0 Å². The Hall–Kier alpha value is -2.15. The van der Waals surface area contributed by atoms with E-state index in [4.69, 9.17) is 9.47 Å². The van der Waals surface area contributed by atoms with E-state index in [1.807, 2.05) is 20.8 Å². The quantitative estimate of drug-likeness (QED) is 0.475. The van der Waals surface area contributed by atoms with Crippen molar-refractivity contribution in [3.05, 3.63) is 39.9 Å². The van der Waals surface area contributed by atoms with Gasteiger partial charge in [0.05, 0.1) is 11.5 Å². The number of carbonyl (C=O) groups excluding carboxylic acids is 1. The molecule has 1 aromatic carbocycles. The summed E-state index contributed by atoms with van der Waals surface area (Å²) in [6.07, 6.45) is 0.255. The minimum Gasteiger partial charge on any atom is -0.444 e. The highest BCUT2D eigenvalue weighted by molar-refractivity contribution is 5.68. The Morgan fingerprint density at radius 1 is 1.39 bits per heavy atom. The van der Waals surface area contributed by atoms with Crippen LogP contribution in [0.2, 0.25) is 0 Å². The van der Waals surface area contributed by atoms with Gasteiger partial charge in [0.1, 0.15) is 17.3 Å². The lowest BCUT2D eigenvalue weighted by Crippen LogP contribution is -2.44. The van der Waals surface area contributed by atoms with Gasteiger partial charge in [-0.3, -0.25) is 10.1 Å². The van der Waals surface area contributed by atoms with Crippen LogP contribution < -0.4 is 0 Å². The molecule has 124 valence electrons. The first-order chi connectivity index (χ1) is 10.7. The number of piperidine rings is 1. The van der Waals surface area contributed by atoms with Crippen LogP contribution in [0, 0.1) is 10.1 Å². The Balaban J connectivity index is 1.66. The fraction of sp³-hybridized carbons (Fsp3) is 0.562. The molecule has 2 saturated heterocycles. The standard InChI is InChI=1S/C16H20N2O5/c1-15(2,3)23-14(19)17-9-8-16(13(10-17)22-16)11-4-6-12(7-5-11)18(20)21/h4-7,13H,8-10H2,1-3H3. The predicted molar refractivity (Wildman–Crippen MR) is 82.1 cm³/mol. The van der Waals surface area contributed by atoms with Gasteiger partial charge in [-0.1, -0.05) is 0 Å². The molecule has 0 bridgehead atoms. The van der Waals surface area contributed by atoms with Crippen molar-refractivity contribution < 1.29 is 19.2 Å². The van der Waals surface area contributed by atoms with Crippen LogP contribution in [0.25, 0.3) is 0 Å². The van der Waals surface area contributed by atoms with E-state index in [0.717, 1.165) is 5.56 Å². The molecule has 23 heavy (non-hydrogen) atoms. The molecule has 1 aromatic rings. The molecule has 2 atom stereocenters. The Bertz CT molecular complexity index is 637. The van der Waals surface area contributed by atoms with Gasteiger partial charge >= 0.3 is 6.09 Å². The maximum absolute atomic E-state index is 12.1. The minimum absolute atomic E-state index is 0.0635. The normalized spacial score (nSPS) is 26.4. The molecule has 2 aliphatic heterocycles. The maximum Gasteiger partial charge on any atom is 0.410 e. The molecular formula is C16H20N2O5. The number of benzene rings is 1. The molecule has 0 N–H and O–H groups in total. The number of amides is 1. The van der Waals surface area contributed by atoms with E-state index in [1.54, 1.807) is 17.0 Å². The third kappa shape index (κ3) is 3.01. The molecule has 2 fully saturated rings. The zero-order valence-corrected chi connectivity index (χ0v) is 13.4. The molecule has 7 heteroatoms. The number of hydrogen-bond donors (Lipinski definition) is 0. The second kappa shape index (κ2) is 5.19. The van der Waals surface area contributed by atoms with E-state index in [9.17, 15) is 14.9 Å². The lowest BCUT2D eigenvalue weighted by Gasteiger charge is -2.31. The van der Waals surface area contributed by atoms with E-state index in [1.165, 1.54) is 12.1 Å². The fourth-order valence-corrected chi connectivity index (χ4v) is 2.97. The first kappa shape index (κ1) is 15.7. The van der Waals surface area contributed by atoms with Crippen LogP contribution in [-0.4, -0.2) is 40.7 Å². The lowest BCUT2D eigenvalue weighted by atomic mass is 9.89. The van der Waals surface area contributed by atoms with Crippen LogP contribution in [-0.2, 0) is 15.1 Å². The van der Waals surface area contributed by atoms with Gasteiger partial charge in [0.2, 0.25) is 0 Å². The second-order valence-corrected chi connectivity index (χ2v) is 6.98. The number of nitro benzene ring substituents is 1. The smallest absolute Gasteiger partial charge is 0.410 e. The number of carbonyl (C=O) groups is 1. The van der Waals surface area contributed by atoms with Gasteiger partial charge in [-0.25, -0.2) is 4.79 Å². The van der Waals surface area contributed by atoms with Crippen LogP contribution in [0.15, 0.2) is 24.3 Å². The number of hydrogen-bond acceptors (Lipinski definition) is 5. The molecule has 3 rings (SSSR count). The Kier molecular flexibility index (Phi) is 3.55. The summed E-state index contributed by atoms with van der Waals surface area (Å²) >= 11 is 0. The topological polar surface area (TPSA) is 85.2 Å². The van der Waals surface area contributed by atoms with Crippen LogP contribution in [0.4, 0.5) is 10.5 Å². The number of nitro groups is 1. The van der Waals surface area contributed by atoms with Gasteiger partial charge in [-0.05, 0) is 38.5 Å². The molecule has 0 spiro atoms. The molecule has 0 radical (unpaired) electrons. The van der Waals surface area contributed by atoms with E-state index < -0.39 is 16.1 Å². The molecule has 7 nitrogen and oxygen atoms in total. The number of rotatable bonds is 2. The fourth-order valence-electron chi connectivity index (χ4n) is 2.97. The third-order valence-corrected chi connectivity index (χ3v) is 4.17. The maximum atomic E-state index is 12.1. The van der Waals surface area contributed by atoms with Crippen molar-refractivity contribution in [1.82, 2.24) is 4.90 Å². The van der Waals surface area contributed by atoms with Crippen molar-refractivity contribution in [2.24, 2.45) is 0 Å².